The van der Waals surface area contributed by atoms with Crippen LogP contribution < -0.4 is 10.5 Å². The van der Waals surface area contributed by atoms with Crippen LogP contribution in [0.25, 0.3) is 22.0 Å². The highest BCUT2D eigenvalue weighted by Gasteiger charge is 2.22. The summed E-state index contributed by atoms with van der Waals surface area (Å²) in [4.78, 5) is 11.9. The zero-order valence-electron chi connectivity index (χ0n) is 24.3. The van der Waals surface area contributed by atoms with Gasteiger partial charge in [-0.3, -0.25) is 0 Å². The molecule has 1 aliphatic heterocycles. The van der Waals surface area contributed by atoms with E-state index in [2.05, 4.69) is 62.9 Å². The minimum absolute atomic E-state index is 0.110. The number of aromatic carboxylic acids is 1. The summed E-state index contributed by atoms with van der Waals surface area (Å²) >= 11 is 0. The molecular formula is C34H39B2N2O3. The third-order valence-electron chi connectivity index (χ3n) is 8.31. The van der Waals surface area contributed by atoms with E-state index in [0.29, 0.717) is 42.7 Å². The van der Waals surface area contributed by atoms with Crippen LogP contribution in [0.4, 0.5) is 0 Å². The van der Waals surface area contributed by atoms with Crippen LogP contribution in [-0.2, 0) is 13.0 Å². The van der Waals surface area contributed by atoms with Gasteiger partial charge in [0.25, 0.3) is 0 Å². The van der Waals surface area contributed by atoms with Gasteiger partial charge < -0.3 is 20.1 Å². The van der Waals surface area contributed by atoms with Crippen LogP contribution in [0.2, 0.25) is 18.5 Å². The molecule has 0 bridgehead atoms. The van der Waals surface area contributed by atoms with Gasteiger partial charge >= 0.3 is 5.97 Å². The van der Waals surface area contributed by atoms with E-state index in [9.17, 15) is 9.90 Å². The maximum atomic E-state index is 11.9. The Morgan fingerprint density at radius 3 is 2.71 bits per heavy atom. The van der Waals surface area contributed by atoms with Crippen molar-refractivity contribution in [3.63, 3.8) is 0 Å². The first-order valence-electron chi connectivity index (χ1n) is 14.7. The topological polar surface area (TPSA) is 77.5 Å². The van der Waals surface area contributed by atoms with E-state index in [1.54, 1.807) is 12.1 Å². The fourth-order valence-corrected chi connectivity index (χ4v) is 6.03. The number of carboxylic acids is 1. The second-order valence-corrected chi connectivity index (χ2v) is 11.9. The van der Waals surface area contributed by atoms with Gasteiger partial charge in [0.15, 0.2) is 0 Å². The standard InChI is InChI=1S/C34H39B2N2O3/c1-21(2)13-28(18-35)36-19-22(3)26-14-23(9-11-38-12-10-24-5-4-6-29(33(24)38)34(39)40)15-27(16-26)25-7-8-32-30(17-25)31(37)20-41-32/h4-8,10,12,14-17,21-22,28,31H,9,11,13,18-20,37H2,1-3H3,(H,39,40). The number of aryl methyl sites for hydroxylation is 2. The molecule has 3 atom stereocenters. The maximum Gasteiger partial charge on any atom is 0.337 e. The number of para-hydroxylation sites is 1. The summed E-state index contributed by atoms with van der Waals surface area (Å²) in [5.41, 5.74) is 13.3. The maximum absolute atomic E-state index is 11.9. The number of aromatic nitrogens is 1. The van der Waals surface area contributed by atoms with Crippen molar-refractivity contribution in [2.75, 3.05) is 6.61 Å². The molecule has 1 aliphatic rings. The monoisotopic (exact) mass is 545 g/mol. The molecule has 0 saturated carbocycles. The number of carbonyl (C=O) groups is 1. The highest BCUT2D eigenvalue weighted by molar-refractivity contribution is 6.39. The first kappa shape index (κ1) is 29.1. The SMILES string of the molecule is [B]CC([B]CC(C)c1cc(CCn2ccc3cccc(C(=O)O)c32)cc(-c2ccc3c(c2)C(N)CO3)c1)CC(C)C. The lowest BCUT2D eigenvalue weighted by Gasteiger charge is -2.20. The average Bonchev–Trinajstić information content (AvgIpc) is 3.56. The Kier molecular flexibility index (Phi) is 8.94. The van der Waals surface area contributed by atoms with Crippen molar-refractivity contribution < 1.29 is 14.6 Å². The molecule has 5 rings (SSSR count). The van der Waals surface area contributed by atoms with Crippen LogP contribution in [-0.4, -0.2) is 37.4 Å². The van der Waals surface area contributed by atoms with Crippen molar-refractivity contribution in [2.24, 2.45) is 11.7 Å². The van der Waals surface area contributed by atoms with E-state index in [4.69, 9.17) is 18.3 Å². The van der Waals surface area contributed by atoms with E-state index in [-0.39, 0.29) is 6.04 Å². The average molecular weight is 545 g/mol. The van der Waals surface area contributed by atoms with Gasteiger partial charge in [-0.1, -0.05) is 82.0 Å². The van der Waals surface area contributed by atoms with Crippen LogP contribution in [0.5, 0.6) is 5.75 Å². The van der Waals surface area contributed by atoms with E-state index in [0.717, 1.165) is 52.5 Å². The molecule has 209 valence electrons. The third kappa shape index (κ3) is 6.56. The van der Waals surface area contributed by atoms with Gasteiger partial charge in [0, 0.05) is 23.7 Å². The first-order valence-corrected chi connectivity index (χ1v) is 14.7. The van der Waals surface area contributed by atoms with Crippen LogP contribution in [0.3, 0.4) is 0 Å². The molecular weight excluding hydrogens is 506 g/mol. The van der Waals surface area contributed by atoms with Crippen molar-refractivity contribution in [1.29, 1.82) is 0 Å². The zero-order valence-corrected chi connectivity index (χ0v) is 24.3. The number of nitrogens with zero attached hydrogens (tertiary/aromatic N) is 1. The van der Waals surface area contributed by atoms with Crippen LogP contribution in [0.1, 0.15) is 66.2 Å². The lowest BCUT2D eigenvalue weighted by molar-refractivity contribution is 0.0698. The minimum atomic E-state index is -0.906. The number of carboxylic acid groups (broad SMARTS) is 1. The fourth-order valence-electron chi connectivity index (χ4n) is 6.03. The van der Waals surface area contributed by atoms with Gasteiger partial charge in [0.2, 0.25) is 0 Å². The molecule has 5 nitrogen and oxygen atoms in total. The molecule has 0 aliphatic carbocycles. The Morgan fingerprint density at radius 1 is 1.12 bits per heavy atom. The first-order chi connectivity index (χ1) is 19.7. The summed E-state index contributed by atoms with van der Waals surface area (Å²) in [6.07, 6.45) is 5.51. The Balaban J connectivity index is 1.45. The van der Waals surface area contributed by atoms with Gasteiger partial charge in [0.1, 0.15) is 19.6 Å². The molecule has 0 amide bonds. The molecule has 4 aromatic rings. The van der Waals surface area contributed by atoms with Crippen molar-refractivity contribution in [3.8, 4) is 16.9 Å². The largest absolute Gasteiger partial charge is 0.491 e. The number of benzene rings is 3. The second-order valence-electron chi connectivity index (χ2n) is 11.9. The molecule has 0 saturated heterocycles. The van der Waals surface area contributed by atoms with Crippen molar-refractivity contribution in [1.82, 2.24) is 4.57 Å². The van der Waals surface area contributed by atoms with E-state index in [1.165, 1.54) is 11.1 Å². The van der Waals surface area contributed by atoms with Crippen LogP contribution in [0, 0.1) is 5.92 Å². The molecule has 3 radical (unpaired) electrons. The lowest BCUT2D eigenvalue weighted by atomic mass is 9.53. The summed E-state index contributed by atoms with van der Waals surface area (Å²) < 4.78 is 7.80. The third-order valence-corrected chi connectivity index (χ3v) is 8.31. The summed E-state index contributed by atoms with van der Waals surface area (Å²) in [6.45, 7) is 7.98. The van der Waals surface area contributed by atoms with E-state index < -0.39 is 5.97 Å². The summed E-state index contributed by atoms with van der Waals surface area (Å²) in [7, 11) is 8.49. The highest BCUT2D eigenvalue weighted by Crippen LogP contribution is 2.36. The molecule has 3 aromatic carbocycles. The molecule has 7 heteroatoms. The summed E-state index contributed by atoms with van der Waals surface area (Å²) in [6, 6.07) is 20.5. The summed E-state index contributed by atoms with van der Waals surface area (Å²) in [5, 5.41) is 10.7. The van der Waals surface area contributed by atoms with Crippen molar-refractivity contribution >= 4 is 32.0 Å². The molecule has 41 heavy (non-hydrogen) atoms. The number of nitrogens with two attached hydrogens (primary N) is 1. The van der Waals surface area contributed by atoms with Crippen molar-refractivity contribution in [2.45, 2.75) is 70.6 Å². The van der Waals surface area contributed by atoms with Crippen LogP contribution in [0.15, 0.2) is 66.9 Å². The normalized spacial score (nSPS) is 16.0. The number of hydrogen-bond acceptors (Lipinski definition) is 3. The quantitative estimate of drug-likeness (QED) is 0.183. The molecule has 0 fully saturated rings. The number of hydrogen-bond donors (Lipinski definition) is 2. The molecule has 1 aromatic heterocycles. The lowest BCUT2D eigenvalue weighted by Crippen LogP contribution is -2.11. The Hall–Kier alpha value is -3.44. The van der Waals surface area contributed by atoms with Gasteiger partial charge in [-0.25, -0.2) is 4.79 Å². The van der Waals surface area contributed by atoms with Gasteiger partial charge in [-0.05, 0) is 64.8 Å². The predicted molar refractivity (Wildman–Crippen MR) is 170 cm³/mol. The predicted octanol–water partition coefficient (Wildman–Crippen LogP) is 7.29. The minimum Gasteiger partial charge on any atom is -0.491 e. The smallest absolute Gasteiger partial charge is 0.337 e. The van der Waals surface area contributed by atoms with E-state index in [1.807, 2.05) is 24.4 Å². The second kappa shape index (κ2) is 12.6. The van der Waals surface area contributed by atoms with Gasteiger partial charge in [0.05, 0.1) is 25.0 Å². The van der Waals surface area contributed by atoms with E-state index >= 15 is 0 Å². The van der Waals surface area contributed by atoms with Gasteiger partial charge in [-0.2, -0.15) is 0 Å². The Labute approximate surface area is 245 Å². The Bertz CT molecular complexity index is 1530. The molecule has 2 heterocycles. The van der Waals surface area contributed by atoms with Crippen molar-refractivity contribution in [3.05, 3.63) is 89.1 Å². The van der Waals surface area contributed by atoms with Gasteiger partial charge in [-0.15, -0.1) is 0 Å². The molecule has 0 spiro atoms. The number of ether oxygens (including phenoxy) is 1. The summed E-state index contributed by atoms with van der Waals surface area (Å²) in [5.74, 6) is 1.33. The highest BCUT2D eigenvalue weighted by atomic mass is 16.5. The Morgan fingerprint density at radius 2 is 1.95 bits per heavy atom. The number of rotatable bonds is 12. The zero-order chi connectivity index (χ0) is 29.1. The molecule has 3 unspecified atom stereocenters. The fraction of sp³-hybridized carbons (Fsp3) is 0.382. The van der Waals surface area contributed by atoms with Crippen LogP contribution >= 0.6 is 0 Å². The molecule has 3 N–H and O–H groups in total. The number of fused-ring (bicyclic) bond motifs is 2.